The SMILES string of the molecule is O=C(Cc1ccccc1Cl)NCc1nnc(-c2ccccc2)o1. The molecule has 0 atom stereocenters. The first-order valence-corrected chi connectivity index (χ1v) is 7.48. The number of aromatic nitrogens is 2. The molecule has 5 nitrogen and oxygen atoms in total. The van der Waals surface area contributed by atoms with E-state index in [9.17, 15) is 4.79 Å². The number of nitrogens with one attached hydrogen (secondary N) is 1. The molecule has 0 spiro atoms. The van der Waals surface area contributed by atoms with Gasteiger partial charge in [-0.3, -0.25) is 4.79 Å². The van der Waals surface area contributed by atoms with Crippen LogP contribution in [-0.2, 0) is 17.8 Å². The Morgan fingerprint density at radius 1 is 1.04 bits per heavy atom. The van der Waals surface area contributed by atoms with E-state index < -0.39 is 0 Å². The number of hydrogen-bond acceptors (Lipinski definition) is 4. The van der Waals surface area contributed by atoms with Crippen molar-refractivity contribution in [2.45, 2.75) is 13.0 Å². The third-order valence-corrected chi connectivity index (χ3v) is 3.60. The highest BCUT2D eigenvalue weighted by Crippen LogP contribution is 2.17. The summed E-state index contributed by atoms with van der Waals surface area (Å²) in [5, 5.41) is 11.2. The predicted octanol–water partition coefficient (Wildman–Crippen LogP) is 3.25. The Labute approximate surface area is 138 Å². The van der Waals surface area contributed by atoms with Crippen molar-refractivity contribution in [1.29, 1.82) is 0 Å². The fourth-order valence-corrected chi connectivity index (χ4v) is 2.28. The van der Waals surface area contributed by atoms with Gasteiger partial charge in [0.15, 0.2) is 0 Å². The summed E-state index contributed by atoms with van der Waals surface area (Å²) in [6, 6.07) is 16.7. The minimum absolute atomic E-state index is 0.155. The van der Waals surface area contributed by atoms with Crippen LogP contribution in [0.15, 0.2) is 59.0 Å². The summed E-state index contributed by atoms with van der Waals surface area (Å²) >= 11 is 6.04. The first kappa shape index (κ1) is 15.2. The molecule has 0 unspecified atom stereocenters. The average Bonchev–Trinajstić information content (AvgIpc) is 3.05. The molecule has 1 heterocycles. The van der Waals surface area contributed by atoms with Gasteiger partial charge in [0.2, 0.25) is 17.7 Å². The second kappa shape index (κ2) is 7.07. The molecule has 2 aromatic carbocycles. The van der Waals surface area contributed by atoms with Crippen molar-refractivity contribution in [2.75, 3.05) is 0 Å². The lowest BCUT2D eigenvalue weighted by Gasteiger charge is -2.04. The average molecular weight is 328 g/mol. The number of nitrogens with zero attached hydrogens (tertiary/aromatic N) is 2. The molecule has 0 radical (unpaired) electrons. The second-order valence-corrected chi connectivity index (χ2v) is 5.32. The molecule has 1 amide bonds. The van der Waals surface area contributed by atoms with Crippen LogP contribution in [-0.4, -0.2) is 16.1 Å². The van der Waals surface area contributed by atoms with Crippen molar-refractivity contribution in [2.24, 2.45) is 0 Å². The maximum atomic E-state index is 12.0. The first-order valence-electron chi connectivity index (χ1n) is 7.10. The normalized spacial score (nSPS) is 10.5. The lowest BCUT2D eigenvalue weighted by atomic mass is 10.1. The maximum Gasteiger partial charge on any atom is 0.247 e. The van der Waals surface area contributed by atoms with E-state index in [1.807, 2.05) is 48.5 Å². The van der Waals surface area contributed by atoms with Crippen molar-refractivity contribution in [3.63, 3.8) is 0 Å². The van der Waals surface area contributed by atoms with E-state index in [-0.39, 0.29) is 18.9 Å². The first-order chi connectivity index (χ1) is 11.2. The number of amides is 1. The Bertz CT molecular complexity index is 802. The summed E-state index contributed by atoms with van der Waals surface area (Å²) in [5.74, 6) is 0.634. The molecular weight excluding hydrogens is 314 g/mol. The number of halogens is 1. The smallest absolute Gasteiger partial charge is 0.247 e. The minimum Gasteiger partial charge on any atom is -0.419 e. The molecule has 0 aliphatic carbocycles. The third-order valence-electron chi connectivity index (χ3n) is 3.23. The molecular formula is C17H14ClN3O2. The second-order valence-electron chi connectivity index (χ2n) is 4.91. The predicted molar refractivity (Wildman–Crippen MR) is 86.7 cm³/mol. The molecule has 1 aromatic heterocycles. The summed E-state index contributed by atoms with van der Waals surface area (Å²) in [4.78, 5) is 12.0. The number of benzene rings is 2. The van der Waals surface area contributed by atoms with Crippen molar-refractivity contribution in [3.8, 4) is 11.5 Å². The zero-order valence-corrected chi connectivity index (χ0v) is 13.0. The van der Waals surface area contributed by atoms with E-state index in [4.69, 9.17) is 16.0 Å². The molecule has 0 saturated heterocycles. The van der Waals surface area contributed by atoms with Gasteiger partial charge >= 0.3 is 0 Å². The maximum absolute atomic E-state index is 12.0. The summed E-state index contributed by atoms with van der Waals surface area (Å²) in [6.07, 6.45) is 0.208. The minimum atomic E-state index is -0.155. The Balaban J connectivity index is 1.58. The molecule has 116 valence electrons. The number of carbonyl (C=O) groups excluding carboxylic acids is 1. The summed E-state index contributed by atoms with van der Waals surface area (Å²) in [6.45, 7) is 0.184. The molecule has 1 N–H and O–H groups in total. The van der Waals surface area contributed by atoms with Crippen LogP contribution in [0.3, 0.4) is 0 Å². The van der Waals surface area contributed by atoms with Crippen LogP contribution >= 0.6 is 11.6 Å². The molecule has 0 saturated carbocycles. The van der Waals surface area contributed by atoms with Crippen LogP contribution in [0.2, 0.25) is 5.02 Å². The fourth-order valence-electron chi connectivity index (χ4n) is 2.07. The monoisotopic (exact) mass is 327 g/mol. The highest BCUT2D eigenvalue weighted by atomic mass is 35.5. The van der Waals surface area contributed by atoms with Gasteiger partial charge in [0.25, 0.3) is 0 Å². The van der Waals surface area contributed by atoms with Crippen LogP contribution in [0.5, 0.6) is 0 Å². The third kappa shape index (κ3) is 3.96. The number of rotatable bonds is 5. The highest BCUT2D eigenvalue weighted by Gasteiger charge is 2.10. The standard InChI is InChI=1S/C17H14ClN3O2/c18-14-9-5-4-8-13(14)10-15(22)19-11-16-20-21-17(23-16)12-6-2-1-3-7-12/h1-9H,10-11H2,(H,19,22). The molecule has 3 rings (SSSR count). The Morgan fingerprint density at radius 3 is 2.57 bits per heavy atom. The molecule has 0 aliphatic rings. The quantitative estimate of drug-likeness (QED) is 0.781. The molecule has 6 heteroatoms. The van der Waals surface area contributed by atoms with E-state index in [1.54, 1.807) is 6.07 Å². The summed E-state index contributed by atoms with van der Waals surface area (Å²) in [7, 11) is 0. The van der Waals surface area contributed by atoms with Gasteiger partial charge in [-0.1, -0.05) is 48.0 Å². The molecule has 0 bridgehead atoms. The Morgan fingerprint density at radius 2 is 1.78 bits per heavy atom. The van der Waals surface area contributed by atoms with Gasteiger partial charge in [-0.15, -0.1) is 10.2 Å². The van der Waals surface area contributed by atoms with Crippen molar-refractivity contribution in [1.82, 2.24) is 15.5 Å². The fraction of sp³-hybridized carbons (Fsp3) is 0.118. The largest absolute Gasteiger partial charge is 0.419 e. The van der Waals surface area contributed by atoms with Crippen molar-refractivity contribution in [3.05, 3.63) is 71.1 Å². The van der Waals surface area contributed by atoms with Crippen LogP contribution < -0.4 is 5.32 Å². The van der Waals surface area contributed by atoms with Gasteiger partial charge in [0.05, 0.1) is 13.0 Å². The molecule has 23 heavy (non-hydrogen) atoms. The molecule has 3 aromatic rings. The van der Waals surface area contributed by atoms with Gasteiger partial charge in [-0.05, 0) is 23.8 Å². The van der Waals surface area contributed by atoms with Gasteiger partial charge in [-0.25, -0.2) is 0 Å². The van der Waals surface area contributed by atoms with E-state index in [0.717, 1.165) is 11.1 Å². The number of carbonyl (C=O) groups is 1. The van der Waals surface area contributed by atoms with Crippen LogP contribution in [0, 0.1) is 0 Å². The Kier molecular flexibility index (Phi) is 4.68. The van der Waals surface area contributed by atoms with Gasteiger partial charge in [-0.2, -0.15) is 0 Å². The van der Waals surface area contributed by atoms with Gasteiger partial charge < -0.3 is 9.73 Å². The van der Waals surface area contributed by atoms with Crippen LogP contribution in [0.4, 0.5) is 0 Å². The summed E-state index contributed by atoms with van der Waals surface area (Å²) < 4.78 is 5.53. The van der Waals surface area contributed by atoms with Crippen molar-refractivity contribution >= 4 is 17.5 Å². The zero-order valence-electron chi connectivity index (χ0n) is 12.2. The zero-order chi connectivity index (χ0) is 16.1. The lowest BCUT2D eigenvalue weighted by molar-refractivity contribution is -0.120. The van der Waals surface area contributed by atoms with E-state index in [1.165, 1.54) is 0 Å². The van der Waals surface area contributed by atoms with E-state index in [0.29, 0.717) is 16.8 Å². The van der Waals surface area contributed by atoms with Crippen LogP contribution in [0.1, 0.15) is 11.5 Å². The highest BCUT2D eigenvalue weighted by molar-refractivity contribution is 6.31. The van der Waals surface area contributed by atoms with Crippen LogP contribution in [0.25, 0.3) is 11.5 Å². The van der Waals surface area contributed by atoms with E-state index in [2.05, 4.69) is 15.5 Å². The van der Waals surface area contributed by atoms with Gasteiger partial charge in [0.1, 0.15) is 0 Å². The van der Waals surface area contributed by atoms with Gasteiger partial charge in [0, 0.05) is 10.6 Å². The Hall–Kier alpha value is -2.66. The van der Waals surface area contributed by atoms with E-state index >= 15 is 0 Å². The number of hydrogen-bond donors (Lipinski definition) is 1. The lowest BCUT2D eigenvalue weighted by Crippen LogP contribution is -2.24. The molecule has 0 fully saturated rings. The topological polar surface area (TPSA) is 68.0 Å². The molecule has 0 aliphatic heterocycles. The summed E-state index contributed by atoms with van der Waals surface area (Å²) in [5.41, 5.74) is 1.62. The van der Waals surface area contributed by atoms with Crippen molar-refractivity contribution < 1.29 is 9.21 Å².